The van der Waals surface area contributed by atoms with Gasteiger partial charge in [0.25, 0.3) is 0 Å². The molecule has 0 N–H and O–H groups in total. The second kappa shape index (κ2) is 7.01. The van der Waals surface area contributed by atoms with E-state index in [0.717, 1.165) is 6.54 Å². The molecule has 0 spiro atoms. The van der Waals surface area contributed by atoms with Crippen molar-refractivity contribution in [3.8, 4) is 5.75 Å². The maximum Gasteiger partial charge on any atom is 0.421 e. The number of halogens is 3. The Morgan fingerprint density at radius 2 is 2.12 bits per heavy atom. The number of ether oxygens (including phenoxy) is 2. The molecule has 1 heterocycles. The molecule has 0 aliphatic carbocycles. The van der Waals surface area contributed by atoms with Crippen LogP contribution in [0.5, 0.6) is 5.75 Å². The summed E-state index contributed by atoms with van der Waals surface area (Å²) in [5.74, 6) is 0.145. The quantitative estimate of drug-likeness (QED) is 0.593. The van der Waals surface area contributed by atoms with Gasteiger partial charge in [0.05, 0.1) is 19.1 Å². The monoisotopic (exact) mass is 344 g/mol. The molecule has 4 nitrogen and oxygen atoms in total. The molecule has 1 unspecified atom stereocenters. The van der Waals surface area contributed by atoms with E-state index in [9.17, 15) is 13.2 Å². The Morgan fingerprint density at radius 1 is 1.42 bits per heavy atom. The van der Waals surface area contributed by atoms with Crippen molar-refractivity contribution in [3.05, 3.63) is 23.3 Å². The topological polar surface area (TPSA) is 34.1 Å². The van der Waals surface area contributed by atoms with Crippen LogP contribution in [0, 0.1) is 6.92 Å². The lowest BCUT2D eigenvalue weighted by molar-refractivity contribution is -0.269. The van der Waals surface area contributed by atoms with Crippen molar-refractivity contribution in [2.75, 3.05) is 27.3 Å². The van der Waals surface area contributed by atoms with Gasteiger partial charge in [0.15, 0.2) is 5.60 Å². The predicted molar refractivity (Wildman–Crippen MR) is 87.1 cm³/mol. The van der Waals surface area contributed by atoms with E-state index < -0.39 is 11.8 Å². The Labute approximate surface area is 140 Å². The molecule has 1 aliphatic heterocycles. The summed E-state index contributed by atoms with van der Waals surface area (Å²) in [5.41, 5.74) is -1.06. The summed E-state index contributed by atoms with van der Waals surface area (Å²) in [5, 5.41) is 0. The molecule has 0 saturated carbocycles. The Hall–Kier alpha value is -1.76. The summed E-state index contributed by atoms with van der Waals surface area (Å²) in [6.07, 6.45) is -2.60. The highest BCUT2D eigenvalue weighted by molar-refractivity contribution is 5.65. The molecule has 0 amide bonds. The Morgan fingerprint density at radius 3 is 2.62 bits per heavy atom. The minimum Gasteiger partial charge on any atom is -0.496 e. The van der Waals surface area contributed by atoms with Gasteiger partial charge in [-0.3, -0.25) is 0 Å². The van der Waals surface area contributed by atoms with Crippen molar-refractivity contribution in [1.29, 1.82) is 0 Å². The number of methoxy groups -OCH3 is 1. The molecule has 1 aromatic carbocycles. The van der Waals surface area contributed by atoms with Crippen LogP contribution < -0.4 is 4.74 Å². The van der Waals surface area contributed by atoms with Crippen molar-refractivity contribution in [1.82, 2.24) is 4.90 Å². The lowest BCUT2D eigenvalue weighted by atomic mass is 9.88. The summed E-state index contributed by atoms with van der Waals surface area (Å²) in [4.78, 5) is 6.21. The van der Waals surface area contributed by atoms with E-state index in [0.29, 0.717) is 17.7 Å². The van der Waals surface area contributed by atoms with Crippen LogP contribution >= 0.6 is 0 Å². The van der Waals surface area contributed by atoms with Crippen LogP contribution in [0.2, 0.25) is 0 Å². The van der Waals surface area contributed by atoms with Gasteiger partial charge in [-0.25, -0.2) is 4.99 Å². The number of nitrogens with zero attached hydrogens (tertiary/aromatic N) is 2. The fourth-order valence-electron chi connectivity index (χ4n) is 2.77. The lowest BCUT2D eigenvalue weighted by Crippen LogP contribution is -2.42. The fraction of sp³-hybridized carbons (Fsp3) is 0.588. The van der Waals surface area contributed by atoms with Crippen LogP contribution in [0.15, 0.2) is 17.1 Å². The molecule has 1 fully saturated rings. The third kappa shape index (κ3) is 3.36. The van der Waals surface area contributed by atoms with Crippen LogP contribution in [0.4, 0.5) is 18.9 Å². The molecule has 0 aromatic heterocycles. The molecule has 1 aliphatic rings. The number of benzene rings is 1. The average Bonchev–Trinajstić information content (AvgIpc) is 3.03. The van der Waals surface area contributed by atoms with E-state index in [-0.39, 0.29) is 24.3 Å². The molecule has 2 rings (SSSR count). The Kier molecular flexibility index (Phi) is 5.42. The number of aryl methyl sites for hydroxylation is 1. The molecule has 1 atom stereocenters. The van der Waals surface area contributed by atoms with Gasteiger partial charge in [-0.15, -0.1) is 0 Å². The molecule has 0 radical (unpaired) electrons. The van der Waals surface area contributed by atoms with E-state index >= 15 is 0 Å². The second-order valence-corrected chi connectivity index (χ2v) is 5.93. The molecule has 0 bridgehead atoms. The SMILES string of the molecule is CCN(C)/C=N/c1cc(OC)c(C2(C(F)(F)F)CCCO2)cc1C. The van der Waals surface area contributed by atoms with Gasteiger partial charge in [-0.05, 0) is 38.3 Å². The first-order chi connectivity index (χ1) is 11.2. The minimum absolute atomic E-state index is 0.0234. The number of hydrogen-bond acceptors (Lipinski definition) is 3. The molecular formula is C17H23F3N2O2. The third-order valence-corrected chi connectivity index (χ3v) is 4.33. The average molecular weight is 344 g/mol. The van der Waals surface area contributed by atoms with E-state index in [1.807, 2.05) is 18.9 Å². The lowest BCUT2D eigenvalue weighted by Gasteiger charge is -2.32. The highest BCUT2D eigenvalue weighted by Gasteiger charge is 2.60. The third-order valence-electron chi connectivity index (χ3n) is 4.33. The van der Waals surface area contributed by atoms with Crippen LogP contribution in [-0.4, -0.2) is 44.7 Å². The van der Waals surface area contributed by atoms with Crippen LogP contribution in [-0.2, 0) is 10.3 Å². The van der Waals surface area contributed by atoms with E-state index in [1.54, 1.807) is 19.3 Å². The molecule has 7 heteroatoms. The van der Waals surface area contributed by atoms with Crippen molar-refractivity contribution in [2.45, 2.75) is 38.5 Å². The van der Waals surface area contributed by atoms with Gasteiger partial charge >= 0.3 is 6.18 Å². The maximum atomic E-state index is 13.7. The zero-order valence-electron chi connectivity index (χ0n) is 14.4. The predicted octanol–water partition coefficient (Wildman–Crippen LogP) is 4.18. The minimum atomic E-state index is -4.50. The van der Waals surface area contributed by atoms with Crippen molar-refractivity contribution in [3.63, 3.8) is 0 Å². The standard InChI is InChI=1S/C17H23F3N2O2/c1-5-22(3)11-21-14-10-15(23-4)13(9-12(14)2)16(17(18,19)20)7-6-8-24-16/h9-11H,5-8H2,1-4H3/b21-11+. The van der Waals surface area contributed by atoms with Crippen molar-refractivity contribution in [2.24, 2.45) is 4.99 Å². The smallest absolute Gasteiger partial charge is 0.421 e. The van der Waals surface area contributed by atoms with Crippen molar-refractivity contribution < 1.29 is 22.6 Å². The van der Waals surface area contributed by atoms with E-state index in [2.05, 4.69) is 4.99 Å². The Balaban J connectivity index is 2.52. The van der Waals surface area contributed by atoms with Gasteiger partial charge in [-0.2, -0.15) is 13.2 Å². The zero-order valence-corrected chi connectivity index (χ0v) is 14.4. The maximum absolute atomic E-state index is 13.7. The van der Waals surface area contributed by atoms with Gasteiger partial charge in [0, 0.05) is 31.8 Å². The van der Waals surface area contributed by atoms with Gasteiger partial charge < -0.3 is 14.4 Å². The van der Waals surface area contributed by atoms with Gasteiger partial charge in [0.2, 0.25) is 0 Å². The first kappa shape index (κ1) is 18.6. The summed E-state index contributed by atoms with van der Waals surface area (Å²) >= 11 is 0. The van der Waals surface area contributed by atoms with Crippen LogP contribution in [0.25, 0.3) is 0 Å². The Bertz CT molecular complexity index is 609. The first-order valence-corrected chi connectivity index (χ1v) is 7.89. The van der Waals surface area contributed by atoms with Crippen LogP contribution in [0.1, 0.15) is 30.9 Å². The summed E-state index contributed by atoms with van der Waals surface area (Å²) < 4.78 is 51.6. The largest absolute Gasteiger partial charge is 0.496 e. The fourth-order valence-corrected chi connectivity index (χ4v) is 2.77. The summed E-state index contributed by atoms with van der Waals surface area (Å²) in [6.45, 7) is 4.58. The molecule has 24 heavy (non-hydrogen) atoms. The highest BCUT2D eigenvalue weighted by atomic mass is 19.4. The van der Waals surface area contributed by atoms with E-state index in [4.69, 9.17) is 9.47 Å². The van der Waals surface area contributed by atoms with Crippen molar-refractivity contribution >= 4 is 12.0 Å². The summed E-state index contributed by atoms with van der Waals surface area (Å²) in [7, 11) is 3.23. The zero-order chi connectivity index (χ0) is 18.0. The number of rotatable bonds is 5. The number of hydrogen-bond donors (Lipinski definition) is 0. The normalized spacial score (nSPS) is 21.5. The van der Waals surface area contributed by atoms with Crippen LogP contribution in [0.3, 0.4) is 0 Å². The second-order valence-electron chi connectivity index (χ2n) is 5.93. The van der Waals surface area contributed by atoms with Gasteiger partial charge in [-0.1, -0.05) is 0 Å². The van der Waals surface area contributed by atoms with E-state index in [1.165, 1.54) is 13.2 Å². The van der Waals surface area contributed by atoms with Gasteiger partial charge in [0.1, 0.15) is 5.75 Å². The molecule has 1 aromatic rings. The molecular weight excluding hydrogens is 321 g/mol. The highest BCUT2D eigenvalue weighted by Crippen LogP contribution is 2.52. The molecule has 134 valence electrons. The first-order valence-electron chi connectivity index (χ1n) is 7.89. The number of alkyl halides is 3. The summed E-state index contributed by atoms with van der Waals surface area (Å²) in [6, 6.07) is 3.02. The number of aliphatic imine (C=N–C) groups is 1. The molecule has 1 saturated heterocycles.